The third-order valence-electron chi connectivity index (χ3n) is 3.03. The lowest BCUT2D eigenvalue weighted by Crippen LogP contribution is -2.16. The van der Waals surface area contributed by atoms with Crippen molar-refractivity contribution in [2.45, 2.75) is 13.3 Å². The molecule has 0 amide bonds. The van der Waals surface area contributed by atoms with Gasteiger partial charge in [-0.15, -0.1) is 0 Å². The highest BCUT2D eigenvalue weighted by Crippen LogP contribution is 2.26. The molecule has 0 N–H and O–H groups in total. The molecule has 86 valence electrons. The first-order valence-corrected chi connectivity index (χ1v) is 5.69. The lowest BCUT2D eigenvalue weighted by molar-refractivity contribution is 0.357. The number of hydrogen-bond donors (Lipinski definition) is 0. The van der Waals surface area contributed by atoms with E-state index in [9.17, 15) is 4.79 Å². The molecule has 0 atom stereocenters. The molecule has 3 nitrogen and oxygen atoms in total. The molecule has 0 unspecified atom stereocenters. The Bertz CT molecular complexity index is 628. The first kappa shape index (κ1) is 10.1. The maximum Gasteiger partial charge on any atom is 0.255 e. The first-order valence-electron chi connectivity index (χ1n) is 5.69. The van der Waals surface area contributed by atoms with Gasteiger partial charge in [-0.25, -0.2) is 0 Å². The van der Waals surface area contributed by atoms with E-state index in [2.05, 4.69) is 0 Å². The zero-order valence-corrected chi connectivity index (χ0v) is 9.64. The topological polar surface area (TPSA) is 31.2 Å². The van der Waals surface area contributed by atoms with E-state index >= 15 is 0 Å². The molecule has 17 heavy (non-hydrogen) atoms. The number of nitrogens with zero attached hydrogens (tertiary/aromatic N) is 1. The van der Waals surface area contributed by atoms with Gasteiger partial charge in [-0.3, -0.25) is 9.36 Å². The molecule has 2 aromatic rings. The summed E-state index contributed by atoms with van der Waals surface area (Å²) in [6.07, 6.45) is 2.74. The highest BCUT2D eigenvalue weighted by Gasteiger charge is 2.12. The zero-order valence-electron chi connectivity index (χ0n) is 9.64. The summed E-state index contributed by atoms with van der Waals surface area (Å²) < 4.78 is 7.11. The zero-order chi connectivity index (χ0) is 11.8. The molecule has 0 saturated heterocycles. The van der Waals surface area contributed by atoms with Crippen molar-refractivity contribution in [2.75, 3.05) is 6.61 Å². The summed E-state index contributed by atoms with van der Waals surface area (Å²) in [6, 6.07) is 9.46. The second kappa shape index (κ2) is 3.77. The molecule has 0 spiro atoms. The summed E-state index contributed by atoms with van der Waals surface area (Å²) in [7, 11) is 0. The van der Waals surface area contributed by atoms with Crippen LogP contribution in [0.4, 0.5) is 0 Å². The van der Waals surface area contributed by atoms with Crippen molar-refractivity contribution in [1.29, 1.82) is 0 Å². The second-order valence-electron chi connectivity index (χ2n) is 4.30. The lowest BCUT2D eigenvalue weighted by Gasteiger charge is -2.07. The highest BCUT2D eigenvalue weighted by atomic mass is 16.5. The Labute approximate surface area is 99.3 Å². The number of aryl methyl sites for hydroxylation is 1. The monoisotopic (exact) mass is 227 g/mol. The number of aromatic nitrogens is 1. The first-order chi connectivity index (χ1) is 8.24. The van der Waals surface area contributed by atoms with Crippen molar-refractivity contribution in [1.82, 2.24) is 4.57 Å². The molecule has 1 aromatic carbocycles. The lowest BCUT2D eigenvalue weighted by atomic mass is 10.1. The number of benzene rings is 1. The van der Waals surface area contributed by atoms with Crippen LogP contribution in [-0.2, 0) is 6.42 Å². The number of hydrogen-bond acceptors (Lipinski definition) is 2. The Morgan fingerprint density at radius 3 is 2.94 bits per heavy atom. The number of fused-ring (bicyclic) bond motifs is 1. The molecule has 0 bridgehead atoms. The minimum Gasteiger partial charge on any atom is -0.493 e. The van der Waals surface area contributed by atoms with Crippen molar-refractivity contribution < 1.29 is 4.74 Å². The van der Waals surface area contributed by atoms with Crippen molar-refractivity contribution in [3.8, 4) is 11.4 Å². The summed E-state index contributed by atoms with van der Waals surface area (Å²) in [6.45, 7) is 2.66. The number of ether oxygens (including phenoxy) is 1. The van der Waals surface area contributed by atoms with Gasteiger partial charge in [0.15, 0.2) is 0 Å². The molecule has 0 fully saturated rings. The van der Waals surface area contributed by atoms with Crippen LogP contribution in [0, 0.1) is 6.92 Å². The average molecular weight is 227 g/mol. The minimum absolute atomic E-state index is 0.00358. The van der Waals surface area contributed by atoms with Gasteiger partial charge in [0.1, 0.15) is 5.75 Å². The Morgan fingerprint density at radius 2 is 2.12 bits per heavy atom. The largest absolute Gasteiger partial charge is 0.493 e. The number of rotatable bonds is 1. The van der Waals surface area contributed by atoms with Gasteiger partial charge in [-0.1, -0.05) is 0 Å². The van der Waals surface area contributed by atoms with Crippen LogP contribution in [0.15, 0.2) is 41.3 Å². The fourth-order valence-corrected chi connectivity index (χ4v) is 2.11. The van der Waals surface area contributed by atoms with Gasteiger partial charge in [0, 0.05) is 24.4 Å². The van der Waals surface area contributed by atoms with Crippen LogP contribution in [0.5, 0.6) is 5.75 Å². The van der Waals surface area contributed by atoms with Crippen molar-refractivity contribution in [2.24, 2.45) is 0 Å². The fraction of sp³-hybridized carbons (Fsp3) is 0.214. The summed E-state index contributed by atoms with van der Waals surface area (Å²) in [4.78, 5) is 11.9. The molecule has 1 aromatic heterocycles. The minimum atomic E-state index is 0.00358. The standard InChI is InChI=1S/C14H13NO2/c1-10-4-6-15(14(16)8-10)12-2-3-13-11(9-12)5-7-17-13/h2-4,6,8-9H,5,7H2,1H3. The van der Waals surface area contributed by atoms with Crippen LogP contribution >= 0.6 is 0 Å². The molecular formula is C14H13NO2. The molecule has 0 radical (unpaired) electrons. The van der Waals surface area contributed by atoms with Gasteiger partial charge in [0.2, 0.25) is 0 Å². The van der Waals surface area contributed by atoms with E-state index < -0.39 is 0 Å². The van der Waals surface area contributed by atoms with Gasteiger partial charge >= 0.3 is 0 Å². The Morgan fingerprint density at radius 1 is 1.24 bits per heavy atom. The predicted octanol–water partition coefficient (Wildman–Crippen LogP) is 2.08. The third-order valence-corrected chi connectivity index (χ3v) is 3.03. The van der Waals surface area contributed by atoms with Crippen LogP contribution in [0.1, 0.15) is 11.1 Å². The van der Waals surface area contributed by atoms with Gasteiger partial charge < -0.3 is 4.74 Å². The van der Waals surface area contributed by atoms with E-state index in [4.69, 9.17) is 4.74 Å². The maximum atomic E-state index is 11.9. The van der Waals surface area contributed by atoms with E-state index in [1.54, 1.807) is 10.6 Å². The second-order valence-corrected chi connectivity index (χ2v) is 4.30. The van der Waals surface area contributed by atoms with Gasteiger partial charge in [-0.2, -0.15) is 0 Å². The molecule has 0 saturated carbocycles. The Hall–Kier alpha value is -2.03. The molecular weight excluding hydrogens is 214 g/mol. The molecule has 1 aliphatic heterocycles. The molecule has 0 aliphatic carbocycles. The smallest absolute Gasteiger partial charge is 0.255 e. The predicted molar refractivity (Wildman–Crippen MR) is 66.0 cm³/mol. The summed E-state index contributed by atoms with van der Waals surface area (Å²) in [5.74, 6) is 0.939. The van der Waals surface area contributed by atoms with E-state index in [-0.39, 0.29) is 5.56 Å². The SMILES string of the molecule is Cc1ccn(-c2ccc3c(c2)CCO3)c(=O)c1. The van der Waals surface area contributed by atoms with Crippen LogP contribution in [0.25, 0.3) is 5.69 Å². The van der Waals surface area contributed by atoms with Crippen molar-refractivity contribution >= 4 is 0 Å². The van der Waals surface area contributed by atoms with E-state index in [1.807, 2.05) is 37.4 Å². The van der Waals surface area contributed by atoms with E-state index in [0.29, 0.717) is 0 Å². The molecule has 3 heteroatoms. The van der Waals surface area contributed by atoms with Crippen molar-refractivity contribution in [3.05, 3.63) is 58.0 Å². The Balaban J connectivity index is 2.13. The fourth-order valence-electron chi connectivity index (χ4n) is 2.11. The quantitative estimate of drug-likeness (QED) is 0.747. The van der Waals surface area contributed by atoms with E-state index in [1.165, 1.54) is 5.56 Å². The third kappa shape index (κ3) is 1.73. The maximum absolute atomic E-state index is 11.9. The normalized spacial score (nSPS) is 13.2. The summed E-state index contributed by atoms with van der Waals surface area (Å²) >= 11 is 0. The van der Waals surface area contributed by atoms with Crippen LogP contribution in [0.3, 0.4) is 0 Å². The van der Waals surface area contributed by atoms with Crippen molar-refractivity contribution in [3.63, 3.8) is 0 Å². The average Bonchev–Trinajstić information content (AvgIpc) is 2.75. The van der Waals surface area contributed by atoms with Crippen LogP contribution in [0.2, 0.25) is 0 Å². The highest BCUT2D eigenvalue weighted by molar-refractivity contribution is 5.46. The summed E-state index contributed by atoms with van der Waals surface area (Å²) in [5, 5.41) is 0. The van der Waals surface area contributed by atoms with Crippen LogP contribution in [-0.4, -0.2) is 11.2 Å². The van der Waals surface area contributed by atoms with Gasteiger partial charge in [-0.05, 0) is 42.3 Å². The summed E-state index contributed by atoms with van der Waals surface area (Å²) in [5.41, 5.74) is 3.06. The van der Waals surface area contributed by atoms with Gasteiger partial charge in [0.25, 0.3) is 5.56 Å². The molecule has 3 rings (SSSR count). The van der Waals surface area contributed by atoms with Gasteiger partial charge in [0.05, 0.1) is 6.61 Å². The molecule has 2 heterocycles. The van der Waals surface area contributed by atoms with E-state index in [0.717, 1.165) is 30.0 Å². The van der Waals surface area contributed by atoms with Crippen LogP contribution < -0.4 is 10.3 Å². The molecule has 1 aliphatic rings. The number of pyridine rings is 1. The Kier molecular flexibility index (Phi) is 2.25.